The third-order valence-electron chi connectivity index (χ3n) is 4.48. The van der Waals surface area contributed by atoms with Crippen LogP contribution in [0.5, 0.6) is 0 Å². The third-order valence-corrected chi connectivity index (χ3v) is 5.72. The lowest BCUT2D eigenvalue weighted by atomic mass is 10.0. The Hall–Kier alpha value is -3.12. The van der Waals surface area contributed by atoms with Crippen molar-refractivity contribution in [3.63, 3.8) is 0 Å². The van der Waals surface area contributed by atoms with Crippen molar-refractivity contribution in [2.24, 2.45) is 0 Å². The van der Waals surface area contributed by atoms with Gasteiger partial charge in [-0.2, -0.15) is 4.68 Å². The first-order chi connectivity index (χ1) is 13.7. The van der Waals surface area contributed by atoms with E-state index in [1.807, 2.05) is 38.4 Å². The lowest BCUT2D eigenvalue weighted by Gasteiger charge is -2.17. The summed E-state index contributed by atoms with van der Waals surface area (Å²) in [6.07, 6.45) is 0. The molecular formula is C22H21N5S. The Labute approximate surface area is 169 Å². The Bertz CT molecular complexity index is 974. The van der Waals surface area contributed by atoms with Crippen LogP contribution in [0, 0.1) is 0 Å². The molecule has 1 aromatic heterocycles. The quantitative estimate of drug-likeness (QED) is 0.452. The number of tetrazole rings is 1. The molecule has 0 saturated carbocycles. The van der Waals surface area contributed by atoms with E-state index in [0.29, 0.717) is 0 Å². The third kappa shape index (κ3) is 3.92. The summed E-state index contributed by atoms with van der Waals surface area (Å²) in [5.74, 6) is 0. The van der Waals surface area contributed by atoms with Crippen LogP contribution in [0.25, 0.3) is 5.69 Å². The highest BCUT2D eigenvalue weighted by molar-refractivity contribution is 7.99. The minimum Gasteiger partial charge on any atom is -0.378 e. The van der Waals surface area contributed by atoms with Crippen LogP contribution in [-0.2, 0) is 0 Å². The summed E-state index contributed by atoms with van der Waals surface area (Å²) < 4.78 is 1.79. The molecule has 28 heavy (non-hydrogen) atoms. The van der Waals surface area contributed by atoms with E-state index in [9.17, 15) is 0 Å². The Morgan fingerprint density at radius 1 is 0.786 bits per heavy atom. The molecule has 1 heterocycles. The van der Waals surface area contributed by atoms with Crippen molar-refractivity contribution in [2.75, 3.05) is 19.0 Å². The second kappa shape index (κ2) is 8.27. The monoisotopic (exact) mass is 387 g/mol. The number of hydrogen-bond donors (Lipinski definition) is 0. The SMILES string of the molecule is CN(C)c1ccc(-n2nnnc2SC(c2ccccc2)c2ccccc2)cc1. The van der Waals surface area contributed by atoms with Crippen molar-refractivity contribution in [1.82, 2.24) is 20.2 Å². The van der Waals surface area contributed by atoms with E-state index in [4.69, 9.17) is 0 Å². The minimum absolute atomic E-state index is 0.105. The first-order valence-corrected chi connectivity index (χ1v) is 9.93. The smallest absolute Gasteiger partial charge is 0.215 e. The van der Waals surface area contributed by atoms with Gasteiger partial charge in [0.25, 0.3) is 0 Å². The molecular weight excluding hydrogens is 366 g/mol. The molecule has 6 heteroatoms. The van der Waals surface area contributed by atoms with Gasteiger partial charge in [0.2, 0.25) is 5.16 Å². The van der Waals surface area contributed by atoms with E-state index in [1.165, 1.54) is 11.1 Å². The van der Waals surface area contributed by atoms with E-state index in [-0.39, 0.29) is 5.25 Å². The van der Waals surface area contributed by atoms with Crippen molar-refractivity contribution in [1.29, 1.82) is 0 Å². The number of thioether (sulfide) groups is 1. The zero-order valence-corrected chi connectivity index (χ0v) is 16.6. The molecule has 0 fully saturated rings. The van der Waals surface area contributed by atoms with Gasteiger partial charge in [-0.3, -0.25) is 0 Å². The molecule has 5 nitrogen and oxygen atoms in total. The second-order valence-corrected chi connectivity index (χ2v) is 7.68. The molecule has 0 atom stereocenters. The van der Waals surface area contributed by atoms with E-state index in [1.54, 1.807) is 16.4 Å². The molecule has 4 aromatic rings. The lowest BCUT2D eigenvalue weighted by Crippen LogP contribution is -2.08. The summed E-state index contributed by atoms with van der Waals surface area (Å²) >= 11 is 1.65. The summed E-state index contributed by atoms with van der Waals surface area (Å²) in [5, 5.41) is 13.3. The average molecular weight is 388 g/mol. The minimum atomic E-state index is 0.105. The Kier molecular flexibility index (Phi) is 5.39. The second-order valence-electron chi connectivity index (χ2n) is 6.60. The molecule has 0 N–H and O–H groups in total. The van der Waals surface area contributed by atoms with Crippen molar-refractivity contribution >= 4 is 17.4 Å². The molecule has 0 radical (unpaired) electrons. The molecule has 0 aliphatic rings. The van der Waals surface area contributed by atoms with Crippen LogP contribution >= 0.6 is 11.8 Å². The fourth-order valence-corrected chi connectivity index (χ4v) is 4.12. The van der Waals surface area contributed by atoms with E-state index in [0.717, 1.165) is 16.5 Å². The normalized spacial score (nSPS) is 11.0. The summed E-state index contributed by atoms with van der Waals surface area (Å²) in [6.45, 7) is 0. The molecule has 0 spiro atoms. The molecule has 3 aromatic carbocycles. The predicted octanol–water partition coefficient (Wildman–Crippen LogP) is 4.61. The van der Waals surface area contributed by atoms with Crippen LogP contribution in [0.2, 0.25) is 0 Å². The fraction of sp³-hybridized carbons (Fsp3) is 0.136. The van der Waals surface area contributed by atoms with Crippen LogP contribution in [0.1, 0.15) is 16.4 Å². The fourth-order valence-electron chi connectivity index (χ4n) is 3.00. The van der Waals surface area contributed by atoms with Gasteiger partial charge in [0.15, 0.2) is 0 Å². The Balaban J connectivity index is 1.68. The van der Waals surface area contributed by atoms with E-state index in [2.05, 4.69) is 81.1 Å². The molecule has 0 saturated heterocycles. The maximum atomic E-state index is 4.30. The number of hydrogen-bond acceptors (Lipinski definition) is 5. The Morgan fingerprint density at radius 2 is 1.36 bits per heavy atom. The van der Waals surface area contributed by atoms with Gasteiger partial charge in [-0.25, -0.2) is 0 Å². The number of anilines is 1. The highest BCUT2D eigenvalue weighted by Crippen LogP contribution is 2.39. The van der Waals surface area contributed by atoms with Crippen molar-refractivity contribution < 1.29 is 0 Å². The number of aromatic nitrogens is 4. The molecule has 0 amide bonds. The van der Waals surface area contributed by atoms with Gasteiger partial charge in [0.05, 0.1) is 10.9 Å². The van der Waals surface area contributed by atoms with Crippen molar-refractivity contribution in [3.8, 4) is 5.69 Å². The van der Waals surface area contributed by atoms with Crippen LogP contribution in [0.3, 0.4) is 0 Å². The lowest BCUT2D eigenvalue weighted by molar-refractivity contribution is 0.755. The molecule has 0 aliphatic heterocycles. The topological polar surface area (TPSA) is 46.8 Å². The van der Waals surface area contributed by atoms with Gasteiger partial charge in [-0.15, -0.1) is 5.10 Å². The largest absolute Gasteiger partial charge is 0.378 e. The van der Waals surface area contributed by atoms with Crippen molar-refractivity contribution in [3.05, 3.63) is 96.1 Å². The summed E-state index contributed by atoms with van der Waals surface area (Å²) in [7, 11) is 4.05. The summed E-state index contributed by atoms with van der Waals surface area (Å²) in [6, 6.07) is 29.1. The van der Waals surface area contributed by atoms with Crippen LogP contribution in [0.4, 0.5) is 5.69 Å². The van der Waals surface area contributed by atoms with Gasteiger partial charge in [0.1, 0.15) is 0 Å². The first-order valence-electron chi connectivity index (χ1n) is 9.05. The zero-order valence-electron chi connectivity index (χ0n) is 15.8. The predicted molar refractivity (Wildman–Crippen MR) is 114 cm³/mol. The average Bonchev–Trinajstić information content (AvgIpc) is 3.21. The van der Waals surface area contributed by atoms with Crippen LogP contribution < -0.4 is 4.90 Å². The molecule has 140 valence electrons. The maximum Gasteiger partial charge on any atom is 0.215 e. The van der Waals surface area contributed by atoms with Gasteiger partial charge >= 0.3 is 0 Å². The number of nitrogens with zero attached hydrogens (tertiary/aromatic N) is 5. The van der Waals surface area contributed by atoms with Crippen molar-refractivity contribution in [2.45, 2.75) is 10.4 Å². The zero-order chi connectivity index (χ0) is 19.3. The molecule has 0 bridgehead atoms. The van der Waals surface area contributed by atoms with E-state index >= 15 is 0 Å². The molecule has 0 unspecified atom stereocenters. The van der Waals surface area contributed by atoms with Gasteiger partial charge in [0, 0.05) is 19.8 Å². The molecule has 4 rings (SSSR count). The van der Waals surface area contributed by atoms with Gasteiger partial charge in [-0.05, 0) is 45.8 Å². The molecule has 0 aliphatic carbocycles. The summed E-state index contributed by atoms with van der Waals surface area (Å²) in [4.78, 5) is 2.07. The summed E-state index contributed by atoms with van der Waals surface area (Å²) in [5.41, 5.74) is 4.52. The number of benzene rings is 3. The van der Waals surface area contributed by atoms with Gasteiger partial charge < -0.3 is 4.90 Å². The van der Waals surface area contributed by atoms with Crippen LogP contribution in [-0.4, -0.2) is 34.3 Å². The highest BCUT2D eigenvalue weighted by atomic mass is 32.2. The van der Waals surface area contributed by atoms with Gasteiger partial charge in [-0.1, -0.05) is 72.4 Å². The standard InChI is InChI=1S/C22H21N5S/c1-26(2)19-13-15-20(16-14-19)27-22(23-24-25-27)28-21(17-9-5-3-6-10-17)18-11-7-4-8-12-18/h3-16,21H,1-2H3. The highest BCUT2D eigenvalue weighted by Gasteiger charge is 2.20. The van der Waals surface area contributed by atoms with Crippen LogP contribution in [0.15, 0.2) is 90.1 Å². The van der Waals surface area contributed by atoms with E-state index < -0.39 is 0 Å². The maximum absolute atomic E-state index is 4.30. The Morgan fingerprint density at radius 3 is 1.89 bits per heavy atom. The number of rotatable bonds is 6. The first kappa shape index (κ1) is 18.3.